The number of aliphatic carboxylic acids is 1. The monoisotopic (exact) mass is 271 g/mol. The zero-order valence-corrected chi connectivity index (χ0v) is 9.40. The third-order valence-electron chi connectivity index (χ3n) is 1.87. The molecule has 0 unspecified atom stereocenters. The Labute approximate surface area is 95.2 Å². The van der Waals surface area contributed by atoms with Crippen LogP contribution in [0.25, 0.3) is 0 Å². The molecule has 80 valence electrons. The lowest BCUT2D eigenvalue weighted by Crippen LogP contribution is -2.32. The van der Waals surface area contributed by atoms with E-state index in [1.54, 1.807) is 24.3 Å². The fourth-order valence-corrected chi connectivity index (χ4v) is 1.47. The first-order valence-electron chi connectivity index (χ1n) is 4.28. The molecule has 0 aliphatic rings. The average Bonchev–Trinajstić information content (AvgIpc) is 2.17. The highest BCUT2D eigenvalue weighted by Crippen LogP contribution is 2.13. The van der Waals surface area contributed by atoms with Crippen LogP contribution in [0.2, 0.25) is 0 Å². The molecule has 0 aromatic heterocycles. The standard InChI is InChI=1S/C10H10BrNO3/c11-7-3-1-2-6(4-7)9(13)5-8(12)10(14)15/h1-4,8H,5,12H2,(H,14,15)/t8-/m0/s1. The van der Waals surface area contributed by atoms with E-state index < -0.39 is 12.0 Å². The van der Waals surface area contributed by atoms with Gasteiger partial charge in [0.15, 0.2) is 5.78 Å². The van der Waals surface area contributed by atoms with Crippen LogP contribution < -0.4 is 5.73 Å². The van der Waals surface area contributed by atoms with Gasteiger partial charge in [-0.15, -0.1) is 0 Å². The SMILES string of the molecule is N[C@@H](CC(=O)c1cccc(Br)c1)C(=O)O. The molecule has 0 bridgehead atoms. The number of Topliss-reactive ketones (excluding diaryl/α,β-unsaturated/α-hetero) is 1. The summed E-state index contributed by atoms with van der Waals surface area (Å²) < 4.78 is 0.775. The predicted molar refractivity (Wildman–Crippen MR) is 58.7 cm³/mol. The van der Waals surface area contributed by atoms with E-state index in [9.17, 15) is 9.59 Å². The topological polar surface area (TPSA) is 80.4 Å². The van der Waals surface area contributed by atoms with E-state index in [0.29, 0.717) is 5.56 Å². The normalized spacial score (nSPS) is 12.1. The van der Waals surface area contributed by atoms with Crippen molar-refractivity contribution in [2.45, 2.75) is 12.5 Å². The molecule has 0 spiro atoms. The van der Waals surface area contributed by atoms with E-state index in [0.717, 1.165) is 4.47 Å². The molecule has 0 saturated heterocycles. The van der Waals surface area contributed by atoms with Gasteiger partial charge in [-0.3, -0.25) is 9.59 Å². The summed E-state index contributed by atoms with van der Waals surface area (Å²) in [5, 5.41) is 8.55. The van der Waals surface area contributed by atoms with Gasteiger partial charge in [-0.05, 0) is 12.1 Å². The van der Waals surface area contributed by atoms with E-state index in [2.05, 4.69) is 15.9 Å². The van der Waals surface area contributed by atoms with E-state index in [1.165, 1.54) is 0 Å². The fourth-order valence-electron chi connectivity index (χ4n) is 1.07. The van der Waals surface area contributed by atoms with Crippen molar-refractivity contribution in [1.82, 2.24) is 0 Å². The molecule has 0 saturated carbocycles. The first-order valence-corrected chi connectivity index (χ1v) is 5.07. The van der Waals surface area contributed by atoms with Crippen LogP contribution in [0.3, 0.4) is 0 Å². The second-order valence-corrected chi connectivity index (χ2v) is 4.00. The number of hydrogen-bond donors (Lipinski definition) is 2. The number of hydrogen-bond acceptors (Lipinski definition) is 3. The molecule has 1 aromatic carbocycles. The number of carboxylic acid groups (broad SMARTS) is 1. The van der Waals surface area contributed by atoms with Gasteiger partial charge in [0.25, 0.3) is 0 Å². The summed E-state index contributed by atoms with van der Waals surface area (Å²) >= 11 is 3.23. The van der Waals surface area contributed by atoms with Crippen LogP contribution in [-0.2, 0) is 4.79 Å². The van der Waals surface area contributed by atoms with Gasteiger partial charge in [0.05, 0.1) is 0 Å². The van der Waals surface area contributed by atoms with Crippen LogP contribution in [0.4, 0.5) is 0 Å². The molecule has 0 radical (unpaired) electrons. The minimum absolute atomic E-state index is 0.189. The highest BCUT2D eigenvalue weighted by atomic mass is 79.9. The van der Waals surface area contributed by atoms with Crippen molar-refractivity contribution in [2.75, 3.05) is 0 Å². The number of carboxylic acids is 1. The second kappa shape index (κ2) is 5.04. The highest BCUT2D eigenvalue weighted by molar-refractivity contribution is 9.10. The summed E-state index contributed by atoms with van der Waals surface area (Å²) in [6.07, 6.45) is -0.189. The molecule has 15 heavy (non-hydrogen) atoms. The van der Waals surface area contributed by atoms with Gasteiger partial charge < -0.3 is 10.8 Å². The molecular formula is C10H10BrNO3. The van der Waals surface area contributed by atoms with Crippen molar-refractivity contribution >= 4 is 27.7 Å². The average molecular weight is 272 g/mol. The van der Waals surface area contributed by atoms with Crippen LogP contribution in [0, 0.1) is 0 Å². The quantitative estimate of drug-likeness (QED) is 0.812. The molecular weight excluding hydrogens is 262 g/mol. The number of carbonyl (C=O) groups excluding carboxylic acids is 1. The van der Waals surface area contributed by atoms with Crippen molar-refractivity contribution in [3.8, 4) is 0 Å². The Morgan fingerprint density at radius 3 is 2.67 bits per heavy atom. The lowest BCUT2D eigenvalue weighted by atomic mass is 10.0. The van der Waals surface area contributed by atoms with Gasteiger partial charge in [-0.25, -0.2) is 0 Å². The Kier molecular flexibility index (Phi) is 3.99. The van der Waals surface area contributed by atoms with Gasteiger partial charge >= 0.3 is 5.97 Å². The largest absolute Gasteiger partial charge is 0.480 e. The van der Waals surface area contributed by atoms with Gasteiger partial charge in [-0.1, -0.05) is 28.1 Å². The zero-order valence-electron chi connectivity index (χ0n) is 7.81. The summed E-state index contributed by atoms with van der Waals surface area (Å²) in [6.45, 7) is 0. The summed E-state index contributed by atoms with van der Waals surface area (Å²) in [5.41, 5.74) is 5.72. The molecule has 4 nitrogen and oxygen atoms in total. The van der Waals surface area contributed by atoms with Crippen LogP contribution in [0.1, 0.15) is 16.8 Å². The van der Waals surface area contributed by atoms with Gasteiger partial charge in [0.2, 0.25) is 0 Å². The van der Waals surface area contributed by atoms with Gasteiger partial charge in [0.1, 0.15) is 6.04 Å². The maximum absolute atomic E-state index is 11.5. The molecule has 1 atom stereocenters. The first kappa shape index (κ1) is 11.9. The maximum atomic E-state index is 11.5. The summed E-state index contributed by atoms with van der Waals surface area (Å²) in [6, 6.07) is 5.62. The molecule has 5 heteroatoms. The van der Waals surface area contributed by atoms with Crippen LogP contribution >= 0.6 is 15.9 Å². The molecule has 0 aliphatic heterocycles. The Hall–Kier alpha value is -1.20. The Balaban J connectivity index is 2.73. The zero-order chi connectivity index (χ0) is 11.4. The molecule has 3 N–H and O–H groups in total. The predicted octanol–water partition coefficient (Wildman–Crippen LogP) is 1.43. The van der Waals surface area contributed by atoms with Crippen LogP contribution in [0.15, 0.2) is 28.7 Å². The molecule has 0 amide bonds. The van der Waals surface area contributed by atoms with E-state index in [4.69, 9.17) is 10.8 Å². The smallest absolute Gasteiger partial charge is 0.320 e. The number of halogens is 1. The molecule has 0 heterocycles. The van der Waals surface area contributed by atoms with Crippen molar-refractivity contribution in [1.29, 1.82) is 0 Å². The highest BCUT2D eigenvalue weighted by Gasteiger charge is 2.17. The Bertz CT molecular complexity index is 392. The second-order valence-electron chi connectivity index (χ2n) is 3.08. The molecule has 0 fully saturated rings. The number of benzene rings is 1. The van der Waals surface area contributed by atoms with E-state index in [1.807, 2.05) is 0 Å². The van der Waals surface area contributed by atoms with Crippen molar-refractivity contribution in [3.63, 3.8) is 0 Å². The minimum Gasteiger partial charge on any atom is -0.480 e. The third kappa shape index (κ3) is 3.45. The third-order valence-corrected chi connectivity index (χ3v) is 2.36. The number of carbonyl (C=O) groups is 2. The lowest BCUT2D eigenvalue weighted by Gasteiger charge is -2.05. The number of nitrogens with two attached hydrogens (primary N) is 1. The fraction of sp³-hybridized carbons (Fsp3) is 0.200. The van der Waals surface area contributed by atoms with Gasteiger partial charge in [0, 0.05) is 16.5 Å². The minimum atomic E-state index is -1.17. The van der Waals surface area contributed by atoms with Crippen molar-refractivity contribution < 1.29 is 14.7 Å². The van der Waals surface area contributed by atoms with Gasteiger partial charge in [-0.2, -0.15) is 0 Å². The summed E-state index contributed by atoms with van der Waals surface area (Å²) in [5.74, 6) is -1.44. The molecule has 0 aliphatic carbocycles. The molecule has 1 aromatic rings. The van der Waals surface area contributed by atoms with Crippen molar-refractivity contribution in [3.05, 3.63) is 34.3 Å². The number of rotatable bonds is 4. The van der Waals surface area contributed by atoms with E-state index >= 15 is 0 Å². The van der Waals surface area contributed by atoms with Crippen LogP contribution in [0.5, 0.6) is 0 Å². The Morgan fingerprint density at radius 1 is 1.47 bits per heavy atom. The number of ketones is 1. The van der Waals surface area contributed by atoms with Crippen molar-refractivity contribution in [2.24, 2.45) is 5.73 Å². The Morgan fingerprint density at radius 2 is 2.13 bits per heavy atom. The molecule has 1 rings (SSSR count). The van der Waals surface area contributed by atoms with E-state index in [-0.39, 0.29) is 12.2 Å². The maximum Gasteiger partial charge on any atom is 0.320 e. The lowest BCUT2D eigenvalue weighted by molar-refractivity contribution is -0.138. The summed E-state index contributed by atoms with van der Waals surface area (Å²) in [7, 11) is 0. The van der Waals surface area contributed by atoms with Crippen LogP contribution in [-0.4, -0.2) is 22.9 Å². The summed E-state index contributed by atoms with van der Waals surface area (Å²) in [4.78, 5) is 22.0. The first-order chi connectivity index (χ1) is 7.00.